The molecule has 3 rings (SSSR count). The van der Waals surface area contributed by atoms with E-state index in [0.29, 0.717) is 25.7 Å². The van der Waals surface area contributed by atoms with Crippen LogP contribution in [0.15, 0.2) is 23.2 Å². The highest BCUT2D eigenvalue weighted by atomic mass is 127. The van der Waals surface area contributed by atoms with E-state index in [2.05, 4.69) is 17.2 Å². The maximum Gasteiger partial charge on any atom is 0.193 e. The van der Waals surface area contributed by atoms with Gasteiger partial charge in [-0.1, -0.05) is 0 Å². The van der Waals surface area contributed by atoms with Crippen LogP contribution in [0.3, 0.4) is 0 Å². The standard InChI is InChI=1S/C16H23N3O3.HI/c1-16(6-2-9-22-16)11-18-15(17)19-12-4-5-13-14(10-12)21-8-3-7-20-13;/h4-5,10H,2-3,6-9,11H2,1H3,(H3,17,18,19);1H. The predicted octanol–water partition coefficient (Wildman–Crippen LogP) is 2.76. The zero-order valence-corrected chi connectivity index (χ0v) is 15.7. The average molecular weight is 433 g/mol. The van der Waals surface area contributed by atoms with Gasteiger partial charge in [0.1, 0.15) is 0 Å². The summed E-state index contributed by atoms with van der Waals surface area (Å²) in [5, 5.41) is 3.09. The van der Waals surface area contributed by atoms with Crippen LogP contribution >= 0.6 is 24.0 Å². The first-order valence-corrected chi connectivity index (χ1v) is 7.75. The molecule has 1 atom stereocenters. The number of nitrogens with zero attached hydrogens (tertiary/aromatic N) is 1. The highest BCUT2D eigenvalue weighted by Crippen LogP contribution is 2.32. The number of nitrogens with one attached hydrogen (secondary N) is 1. The summed E-state index contributed by atoms with van der Waals surface area (Å²) in [5.41, 5.74) is 6.61. The van der Waals surface area contributed by atoms with Gasteiger partial charge in [0.25, 0.3) is 0 Å². The smallest absolute Gasteiger partial charge is 0.193 e. The molecule has 0 amide bonds. The first-order valence-electron chi connectivity index (χ1n) is 7.75. The fourth-order valence-corrected chi connectivity index (χ4v) is 2.64. The lowest BCUT2D eigenvalue weighted by atomic mass is 10.0. The van der Waals surface area contributed by atoms with E-state index in [0.717, 1.165) is 43.1 Å². The van der Waals surface area contributed by atoms with Crippen molar-refractivity contribution >= 4 is 35.6 Å². The summed E-state index contributed by atoms with van der Waals surface area (Å²) in [5.74, 6) is 1.89. The summed E-state index contributed by atoms with van der Waals surface area (Å²) in [7, 11) is 0. The molecule has 0 radical (unpaired) electrons. The molecule has 1 aromatic carbocycles. The van der Waals surface area contributed by atoms with Crippen LogP contribution in [0.1, 0.15) is 26.2 Å². The topological polar surface area (TPSA) is 78.1 Å². The lowest BCUT2D eigenvalue weighted by molar-refractivity contribution is 0.0284. The number of hydrogen-bond donors (Lipinski definition) is 2. The molecule has 6 nitrogen and oxygen atoms in total. The van der Waals surface area contributed by atoms with E-state index in [9.17, 15) is 0 Å². The highest BCUT2D eigenvalue weighted by Gasteiger charge is 2.29. The van der Waals surface area contributed by atoms with Crippen molar-refractivity contribution in [2.45, 2.75) is 31.8 Å². The molecule has 7 heteroatoms. The molecule has 0 spiro atoms. The molecule has 3 N–H and O–H groups in total. The van der Waals surface area contributed by atoms with Gasteiger partial charge in [-0.3, -0.25) is 4.99 Å². The molecule has 0 saturated carbocycles. The Bertz CT molecular complexity index is 560. The largest absolute Gasteiger partial charge is 0.490 e. The molecular formula is C16H24IN3O3. The predicted molar refractivity (Wildman–Crippen MR) is 101 cm³/mol. The summed E-state index contributed by atoms with van der Waals surface area (Å²) in [6, 6.07) is 5.68. The average Bonchev–Trinajstić information content (AvgIpc) is 2.80. The van der Waals surface area contributed by atoms with Crippen molar-refractivity contribution in [1.29, 1.82) is 0 Å². The van der Waals surface area contributed by atoms with Crippen molar-refractivity contribution in [1.82, 2.24) is 0 Å². The Balaban J connectivity index is 0.00000192. The van der Waals surface area contributed by atoms with Crippen LogP contribution in [-0.4, -0.2) is 37.9 Å². The number of benzene rings is 1. The Morgan fingerprint density at radius 3 is 2.74 bits per heavy atom. The van der Waals surface area contributed by atoms with E-state index in [4.69, 9.17) is 19.9 Å². The fraction of sp³-hybridized carbons (Fsp3) is 0.562. The zero-order valence-electron chi connectivity index (χ0n) is 13.3. The van der Waals surface area contributed by atoms with Crippen LogP contribution in [-0.2, 0) is 4.74 Å². The number of halogens is 1. The molecule has 23 heavy (non-hydrogen) atoms. The maximum atomic E-state index is 5.96. The highest BCUT2D eigenvalue weighted by molar-refractivity contribution is 14.0. The van der Waals surface area contributed by atoms with Gasteiger partial charge in [-0.2, -0.15) is 0 Å². The van der Waals surface area contributed by atoms with E-state index in [1.54, 1.807) is 0 Å². The van der Waals surface area contributed by atoms with Crippen LogP contribution in [0.5, 0.6) is 11.5 Å². The molecule has 0 bridgehead atoms. The second-order valence-corrected chi connectivity index (χ2v) is 5.94. The number of anilines is 1. The molecule has 2 aliphatic heterocycles. The fourth-order valence-electron chi connectivity index (χ4n) is 2.64. The zero-order chi connectivity index (χ0) is 15.4. The molecule has 1 aromatic rings. The molecule has 1 fully saturated rings. The van der Waals surface area contributed by atoms with Crippen molar-refractivity contribution in [3.8, 4) is 11.5 Å². The minimum Gasteiger partial charge on any atom is -0.490 e. The van der Waals surface area contributed by atoms with Crippen LogP contribution < -0.4 is 20.5 Å². The number of fused-ring (bicyclic) bond motifs is 1. The maximum absolute atomic E-state index is 5.96. The Morgan fingerprint density at radius 1 is 1.22 bits per heavy atom. The molecule has 0 aromatic heterocycles. The van der Waals surface area contributed by atoms with Crippen LogP contribution in [0.2, 0.25) is 0 Å². The number of nitrogens with two attached hydrogens (primary N) is 1. The third-order valence-electron chi connectivity index (χ3n) is 3.90. The van der Waals surface area contributed by atoms with Gasteiger partial charge in [0.15, 0.2) is 17.5 Å². The quantitative estimate of drug-likeness (QED) is 0.436. The Kier molecular flexibility index (Phi) is 6.34. The van der Waals surface area contributed by atoms with Crippen LogP contribution in [0.25, 0.3) is 0 Å². The number of aliphatic imine (C=N–C) groups is 1. The summed E-state index contributed by atoms with van der Waals surface area (Å²) in [6.45, 7) is 4.79. The second-order valence-electron chi connectivity index (χ2n) is 5.94. The monoisotopic (exact) mass is 433 g/mol. The van der Waals surface area contributed by atoms with Gasteiger partial charge in [0.2, 0.25) is 0 Å². The van der Waals surface area contributed by atoms with Gasteiger partial charge < -0.3 is 25.3 Å². The van der Waals surface area contributed by atoms with Gasteiger partial charge in [-0.25, -0.2) is 0 Å². The summed E-state index contributed by atoms with van der Waals surface area (Å²) >= 11 is 0. The molecule has 2 heterocycles. The second kappa shape index (κ2) is 8.05. The van der Waals surface area contributed by atoms with E-state index < -0.39 is 0 Å². The van der Waals surface area contributed by atoms with E-state index in [-0.39, 0.29) is 29.6 Å². The van der Waals surface area contributed by atoms with E-state index >= 15 is 0 Å². The van der Waals surface area contributed by atoms with Crippen molar-refractivity contribution in [2.24, 2.45) is 10.7 Å². The molecule has 0 aliphatic carbocycles. The summed E-state index contributed by atoms with van der Waals surface area (Å²) in [4.78, 5) is 4.39. The van der Waals surface area contributed by atoms with Crippen LogP contribution in [0, 0.1) is 0 Å². The Labute approximate surface area is 153 Å². The minimum absolute atomic E-state index is 0. The Morgan fingerprint density at radius 2 is 2.00 bits per heavy atom. The number of rotatable bonds is 3. The van der Waals surface area contributed by atoms with Crippen molar-refractivity contribution in [2.75, 3.05) is 31.7 Å². The molecule has 1 unspecified atom stereocenters. The first-order chi connectivity index (χ1) is 10.6. The molecular weight excluding hydrogens is 409 g/mol. The van der Waals surface area contributed by atoms with E-state index in [1.807, 2.05) is 18.2 Å². The van der Waals surface area contributed by atoms with E-state index in [1.165, 1.54) is 0 Å². The normalized spacial score (nSPS) is 23.8. The Hall–Kier alpha value is -1.22. The SMILES string of the molecule is CC1(CN=C(N)Nc2ccc3c(c2)OCCCO3)CCCO1.I. The van der Waals surface area contributed by atoms with Gasteiger partial charge >= 0.3 is 0 Å². The third-order valence-corrected chi connectivity index (χ3v) is 3.90. The lowest BCUT2D eigenvalue weighted by Crippen LogP contribution is -2.30. The van der Waals surface area contributed by atoms with Gasteiger partial charge in [-0.15, -0.1) is 24.0 Å². The van der Waals surface area contributed by atoms with Crippen LogP contribution in [0.4, 0.5) is 5.69 Å². The number of ether oxygens (including phenoxy) is 3. The number of hydrogen-bond acceptors (Lipinski definition) is 4. The van der Waals surface area contributed by atoms with Crippen molar-refractivity contribution in [3.63, 3.8) is 0 Å². The number of guanidine groups is 1. The molecule has 2 aliphatic rings. The van der Waals surface area contributed by atoms with Gasteiger partial charge in [0, 0.05) is 24.8 Å². The molecule has 128 valence electrons. The third kappa shape index (κ3) is 4.87. The van der Waals surface area contributed by atoms with Gasteiger partial charge in [-0.05, 0) is 31.9 Å². The lowest BCUT2D eigenvalue weighted by Gasteiger charge is -2.20. The van der Waals surface area contributed by atoms with Crippen molar-refractivity contribution < 1.29 is 14.2 Å². The minimum atomic E-state index is -0.184. The first kappa shape index (κ1) is 18.1. The van der Waals surface area contributed by atoms with Gasteiger partial charge in [0.05, 0.1) is 25.4 Å². The summed E-state index contributed by atoms with van der Waals surface area (Å²) in [6.07, 6.45) is 2.99. The summed E-state index contributed by atoms with van der Waals surface area (Å²) < 4.78 is 17.0. The van der Waals surface area contributed by atoms with Crippen molar-refractivity contribution in [3.05, 3.63) is 18.2 Å². The molecule has 1 saturated heterocycles.